The van der Waals surface area contributed by atoms with E-state index >= 15 is 0 Å². The zero-order valence-corrected chi connectivity index (χ0v) is 19.2. The molecule has 0 heterocycles. The number of methoxy groups -OCH3 is 1. The fourth-order valence-corrected chi connectivity index (χ4v) is 3.56. The van der Waals surface area contributed by atoms with Gasteiger partial charge >= 0.3 is 0 Å². The van der Waals surface area contributed by atoms with Crippen molar-refractivity contribution >= 4 is 51.0 Å². The van der Waals surface area contributed by atoms with Crippen LogP contribution in [-0.4, -0.2) is 47.1 Å². The molecular formula is C20H21Cl2N3O5S. The van der Waals surface area contributed by atoms with Crippen LogP contribution in [0.2, 0.25) is 10.0 Å². The molecule has 166 valence electrons. The molecule has 0 unspecified atom stereocenters. The maximum absolute atomic E-state index is 12.3. The maximum Gasteiger partial charge on any atom is 0.260 e. The monoisotopic (exact) mass is 485 g/mol. The summed E-state index contributed by atoms with van der Waals surface area (Å²) in [5.74, 6) is 0.375. The Bertz CT molecular complexity index is 1090. The van der Waals surface area contributed by atoms with Gasteiger partial charge in [-0.2, -0.15) is 5.10 Å². The van der Waals surface area contributed by atoms with Crippen molar-refractivity contribution in [2.75, 3.05) is 30.8 Å². The molecule has 1 N–H and O–H groups in total. The molecule has 2 aromatic carbocycles. The lowest BCUT2D eigenvalue weighted by atomic mass is 10.2. The predicted octanol–water partition coefficient (Wildman–Crippen LogP) is 3.48. The molecule has 0 atom stereocenters. The summed E-state index contributed by atoms with van der Waals surface area (Å²) in [5, 5.41) is 4.30. The van der Waals surface area contributed by atoms with Crippen LogP contribution in [0.25, 0.3) is 0 Å². The Labute approximate surface area is 191 Å². The number of hydrazone groups is 1. The molecule has 1 amide bonds. The topological polar surface area (TPSA) is 97.3 Å². The van der Waals surface area contributed by atoms with E-state index in [9.17, 15) is 13.2 Å². The number of hydrogen-bond donors (Lipinski definition) is 1. The molecule has 0 aromatic heterocycles. The summed E-state index contributed by atoms with van der Waals surface area (Å²) in [5.41, 5.74) is 3.13. The number of anilines is 1. The smallest absolute Gasteiger partial charge is 0.260 e. The number of sulfonamides is 1. The highest BCUT2D eigenvalue weighted by molar-refractivity contribution is 7.92. The number of carbonyl (C=O) groups excluding carboxylic acids is 1. The van der Waals surface area contributed by atoms with Crippen molar-refractivity contribution < 1.29 is 22.7 Å². The summed E-state index contributed by atoms with van der Waals surface area (Å²) in [7, 11) is -2.26. The van der Waals surface area contributed by atoms with Crippen LogP contribution in [0.5, 0.6) is 11.5 Å². The van der Waals surface area contributed by atoms with Gasteiger partial charge < -0.3 is 9.47 Å². The zero-order chi connectivity index (χ0) is 23.0. The molecule has 0 fully saturated rings. The third kappa shape index (κ3) is 7.16. The first-order valence-electron chi connectivity index (χ1n) is 8.82. The van der Waals surface area contributed by atoms with Crippen LogP contribution in [0, 0.1) is 0 Å². The number of benzene rings is 2. The molecule has 2 rings (SSSR count). The Morgan fingerprint density at radius 2 is 1.94 bits per heavy atom. The fourth-order valence-electron chi connectivity index (χ4n) is 2.42. The summed E-state index contributed by atoms with van der Waals surface area (Å²) >= 11 is 11.8. The van der Waals surface area contributed by atoms with Crippen molar-refractivity contribution in [3.8, 4) is 11.5 Å². The van der Waals surface area contributed by atoms with Gasteiger partial charge in [0.25, 0.3) is 5.91 Å². The Hall–Kier alpha value is -2.75. The van der Waals surface area contributed by atoms with E-state index in [1.54, 1.807) is 24.3 Å². The second kappa shape index (κ2) is 11.0. The van der Waals surface area contributed by atoms with E-state index in [1.165, 1.54) is 31.5 Å². The third-order valence-electron chi connectivity index (χ3n) is 3.83. The molecular weight excluding hydrogens is 465 g/mol. The van der Waals surface area contributed by atoms with Crippen molar-refractivity contribution in [3.05, 3.63) is 64.7 Å². The van der Waals surface area contributed by atoms with Gasteiger partial charge in [0, 0.05) is 0 Å². The SMILES string of the molecule is C=CCOc1ccc(/C=N\NC(=O)CN(c2ccc(Cl)c(Cl)c2)S(C)(=O)=O)cc1OC. The van der Waals surface area contributed by atoms with Crippen LogP contribution in [0.4, 0.5) is 5.69 Å². The lowest BCUT2D eigenvalue weighted by molar-refractivity contribution is -0.119. The van der Waals surface area contributed by atoms with Crippen LogP contribution in [0.3, 0.4) is 0 Å². The molecule has 0 saturated heterocycles. The van der Waals surface area contributed by atoms with Gasteiger partial charge in [0.05, 0.1) is 35.3 Å². The minimum Gasteiger partial charge on any atom is -0.493 e. The Morgan fingerprint density at radius 3 is 2.55 bits per heavy atom. The van der Waals surface area contributed by atoms with E-state index in [2.05, 4.69) is 17.1 Å². The van der Waals surface area contributed by atoms with E-state index in [4.69, 9.17) is 32.7 Å². The maximum atomic E-state index is 12.3. The van der Waals surface area contributed by atoms with Crippen molar-refractivity contribution in [2.45, 2.75) is 0 Å². The van der Waals surface area contributed by atoms with Crippen LogP contribution in [-0.2, 0) is 14.8 Å². The molecule has 0 aliphatic carbocycles. The van der Waals surface area contributed by atoms with Gasteiger partial charge in [-0.15, -0.1) is 0 Å². The lowest BCUT2D eigenvalue weighted by Gasteiger charge is -2.21. The van der Waals surface area contributed by atoms with E-state index in [0.717, 1.165) is 10.6 Å². The number of rotatable bonds is 10. The van der Waals surface area contributed by atoms with E-state index in [1.807, 2.05) is 0 Å². The Kier molecular flexibility index (Phi) is 8.73. The molecule has 0 radical (unpaired) electrons. The Balaban J connectivity index is 2.09. The number of nitrogens with one attached hydrogen (secondary N) is 1. The van der Waals surface area contributed by atoms with Gasteiger partial charge in [0.15, 0.2) is 11.5 Å². The molecule has 8 nitrogen and oxygen atoms in total. The number of ether oxygens (including phenoxy) is 2. The van der Waals surface area contributed by atoms with Gasteiger partial charge in [-0.3, -0.25) is 9.10 Å². The minimum absolute atomic E-state index is 0.167. The highest BCUT2D eigenvalue weighted by atomic mass is 35.5. The average molecular weight is 486 g/mol. The van der Waals surface area contributed by atoms with Crippen molar-refractivity contribution in [2.24, 2.45) is 5.10 Å². The normalized spacial score (nSPS) is 11.2. The second-order valence-electron chi connectivity index (χ2n) is 6.17. The number of carbonyl (C=O) groups is 1. The third-order valence-corrected chi connectivity index (χ3v) is 5.71. The molecule has 0 bridgehead atoms. The van der Waals surface area contributed by atoms with Crippen molar-refractivity contribution in [1.82, 2.24) is 5.43 Å². The number of nitrogens with zero attached hydrogens (tertiary/aromatic N) is 2. The zero-order valence-electron chi connectivity index (χ0n) is 16.8. The van der Waals surface area contributed by atoms with Crippen LogP contribution in [0.1, 0.15) is 5.56 Å². The number of hydrogen-bond acceptors (Lipinski definition) is 6. The fraction of sp³-hybridized carbons (Fsp3) is 0.200. The highest BCUT2D eigenvalue weighted by Crippen LogP contribution is 2.29. The molecule has 2 aromatic rings. The molecule has 0 saturated carbocycles. The largest absolute Gasteiger partial charge is 0.493 e. The first-order valence-corrected chi connectivity index (χ1v) is 11.4. The first-order chi connectivity index (χ1) is 14.7. The summed E-state index contributed by atoms with van der Waals surface area (Å²) in [6.07, 6.45) is 3.98. The molecule has 0 aliphatic heterocycles. The molecule has 0 aliphatic rings. The van der Waals surface area contributed by atoms with Crippen LogP contribution >= 0.6 is 23.2 Å². The quantitative estimate of drug-likeness (QED) is 0.315. The van der Waals surface area contributed by atoms with Gasteiger partial charge in [0.1, 0.15) is 13.2 Å². The van der Waals surface area contributed by atoms with Gasteiger partial charge in [0.2, 0.25) is 10.0 Å². The Morgan fingerprint density at radius 1 is 1.19 bits per heavy atom. The van der Waals surface area contributed by atoms with E-state index in [0.29, 0.717) is 23.7 Å². The summed E-state index contributed by atoms with van der Waals surface area (Å²) < 4.78 is 35.9. The highest BCUT2D eigenvalue weighted by Gasteiger charge is 2.21. The van der Waals surface area contributed by atoms with Gasteiger partial charge in [-0.05, 0) is 42.0 Å². The van der Waals surface area contributed by atoms with Gasteiger partial charge in [-0.1, -0.05) is 35.9 Å². The molecule has 11 heteroatoms. The number of amides is 1. The molecule has 31 heavy (non-hydrogen) atoms. The summed E-state index contributed by atoms with van der Waals surface area (Å²) in [6.45, 7) is 3.42. The van der Waals surface area contributed by atoms with E-state index in [-0.39, 0.29) is 15.7 Å². The van der Waals surface area contributed by atoms with Crippen molar-refractivity contribution in [1.29, 1.82) is 0 Å². The number of halogens is 2. The van der Waals surface area contributed by atoms with Gasteiger partial charge in [-0.25, -0.2) is 13.8 Å². The van der Waals surface area contributed by atoms with Crippen LogP contribution < -0.4 is 19.2 Å². The second-order valence-corrected chi connectivity index (χ2v) is 8.89. The van der Waals surface area contributed by atoms with Crippen molar-refractivity contribution in [3.63, 3.8) is 0 Å². The van der Waals surface area contributed by atoms with Crippen LogP contribution in [0.15, 0.2) is 54.2 Å². The minimum atomic E-state index is -3.76. The predicted molar refractivity (Wildman–Crippen MR) is 123 cm³/mol. The first kappa shape index (κ1) is 24.5. The molecule has 0 spiro atoms. The average Bonchev–Trinajstić information content (AvgIpc) is 2.72. The van der Waals surface area contributed by atoms with E-state index < -0.39 is 22.5 Å². The summed E-state index contributed by atoms with van der Waals surface area (Å²) in [4.78, 5) is 12.3. The lowest BCUT2D eigenvalue weighted by Crippen LogP contribution is -2.39. The standard InChI is InChI=1S/C20H21Cl2N3O5S/c1-4-9-30-18-8-5-14(10-19(18)29-2)12-23-24-20(26)13-25(31(3,27)28)15-6-7-16(21)17(22)11-15/h4-8,10-12H,1,9,13H2,2-3H3,(H,24,26)/b23-12-. The summed E-state index contributed by atoms with van der Waals surface area (Å²) in [6, 6.07) is 9.35.